The third-order valence-electron chi connectivity index (χ3n) is 3.45. The van der Waals surface area contributed by atoms with E-state index in [1.165, 1.54) is 11.1 Å². The molecule has 1 N–H and O–H groups in total. The van der Waals surface area contributed by atoms with Crippen molar-refractivity contribution >= 4 is 31.9 Å². The van der Waals surface area contributed by atoms with Gasteiger partial charge in [-0.3, -0.25) is 0 Å². The summed E-state index contributed by atoms with van der Waals surface area (Å²) in [5.41, 5.74) is 2.55. The molecule has 0 saturated heterocycles. The zero-order valence-electron chi connectivity index (χ0n) is 12.2. The second-order valence-electron chi connectivity index (χ2n) is 4.86. The number of hydrogen-bond acceptors (Lipinski definition) is 2. The van der Waals surface area contributed by atoms with Crippen LogP contribution in [-0.4, -0.2) is 7.11 Å². The van der Waals surface area contributed by atoms with Gasteiger partial charge in [0.15, 0.2) is 0 Å². The molecule has 2 rings (SSSR count). The Bertz CT molecular complexity index is 584. The van der Waals surface area contributed by atoms with Crippen molar-refractivity contribution in [3.63, 3.8) is 0 Å². The molecule has 21 heavy (non-hydrogen) atoms. The molecule has 0 spiro atoms. The van der Waals surface area contributed by atoms with Crippen molar-refractivity contribution in [2.45, 2.75) is 25.9 Å². The third-order valence-corrected chi connectivity index (χ3v) is 4.60. The summed E-state index contributed by atoms with van der Waals surface area (Å²) < 4.78 is 7.35. The van der Waals surface area contributed by atoms with Crippen molar-refractivity contribution in [2.75, 3.05) is 7.11 Å². The summed E-state index contributed by atoms with van der Waals surface area (Å²) in [6.07, 6.45) is 1.05. The predicted octanol–water partition coefficient (Wildman–Crippen LogP) is 5.46. The van der Waals surface area contributed by atoms with Gasteiger partial charge in [0.2, 0.25) is 0 Å². The Hall–Kier alpha value is -0.840. The first kappa shape index (κ1) is 16.5. The van der Waals surface area contributed by atoms with Gasteiger partial charge in [0, 0.05) is 17.1 Å². The van der Waals surface area contributed by atoms with Crippen molar-refractivity contribution in [3.05, 3.63) is 62.5 Å². The summed E-state index contributed by atoms with van der Waals surface area (Å²) in [7, 11) is 1.68. The molecule has 4 heteroatoms. The highest BCUT2D eigenvalue weighted by atomic mass is 79.9. The van der Waals surface area contributed by atoms with Crippen LogP contribution in [0.15, 0.2) is 51.4 Å². The van der Waals surface area contributed by atoms with Gasteiger partial charge in [-0.15, -0.1) is 0 Å². The first-order valence-electron chi connectivity index (χ1n) is 6.95. The smallest absolute Gasteiger partial charge is 0.133 e. The maximum absolute atomic E-state index is 5.26. The Kier molecular flexibility index (Phi) is 6.27. The number of ether oxygens (including phenoxy) is 1. The SMILES string of the molecule is CCC(NCc1ccc(OC)c(Br)c1)c1ccc(Br)cc1. The van der Waals surface area contributed by atoms with Crippen LogP contribution in [0.3, 0.4) is 0 Å². The molecule has 0 aliphatic carbocycles. The molecule has 0 aliphatic rings. The second-order valence-corrected chi connectivity index (χ2v) is 6.63. The topological polar surface area (TPSA) is 21.3 Å². The van der Waals surface area contributed by atoms with Gasteiger partial charge in [0.25, 0.3) is 0 Å². The summed E-state index contributed by atoms with van der Waals surface area (Å²) in [4.78, 5) is 0. The predicted molar refractivity (Wildman–Crippen MR) is 94.7 cm³/mol. The highest BCUT2D eigenvalue weighted by Crippen LogP contribution is 2.26. The molecule has 0 aliphatic heterocycles. The van der Waals surface area contributed by atoms with E-state index in [1.54, 1.807) is 7.11 Å². The third kappa shape index (κ3) is 4.56. The number of methoxy groups -OCH3 is 1. The zero-order valence-corrected chi connectivity index (χ0v) is 15.4. The van der Waals surface area contributed by atoms with Gasteiger partial charge in [-0.2, -0.15) is 0 Å². The lowest BCUT2D eigenvalue weighted by atomic mass is 10.0. The van der Waals surface area contributed by atoms with Crippen LogP contribution in [0.5, 0.6) is 5.75 Å². The minimum absolute atomic E-state index is 0.360. The Balaban J connectivity index is 2.03. The summed E-state index contributed by atoms with van der Waals surface area (Å²) in [6.45, 7) is 3.03. The molecular weight excluding hydrogens is 394 g/mol. The van der Waals surface area contributed by atoms with Gasteiger partial charge >= 0.3 is 0 Å². The largest absolute Gasteiger partial charge is 0.496 e. The summed E-state index contributed by atoms with van der Waals surface area (Å²) in [6, 6.07) is 15.0. The van der Waals surface area contributed by atoms with E-state index < -0.39 is 0 Å². The highest BCUT2D eigenvalue weighted by Gasteiger charge is 2.09. The molecule has 112 valence electrons. The van der Waals surface area contributed by atoms with Gasteiger partial charge in [0.1, 0.15) is 5.75 Å². The summed E-state index contributed by atoms with van der Waals surface area (Å²) >= 11 is 7.00. The Morgan fingerprint density at radius 3 is 2.38 bits per heavy atom. The van der Waals surface area contributed by atoms with Crippen molar-refractivity contribution in [2.24, 2.45) is 0 Å². The Morgan fingerprint density at radius 1 is 1.10 bits per heavy atom. The summed E-state index contributed by atoms with van der Waals surface area (Å²) in [5.74, 6) is 0.860. The van der Waals surface area contributed by atoms with Crippen molar-refractivity contribution < 1.29 is 4.74 Å². The fraction of sp³-hybridized carbons (Fsp3) is 0.294. The first-order valence-corrected chi connectivity index (χ1v) is 8.54. The lowest BCUT2D eigenvalue weighted by Crippen LogP contribution is -2.20. The minimum atomic E-state index is 0.360. The normalized spacial score (nSPS) is 12.2. The molecule has 0 fully saturated rings. The van der Waals surface area contributed by atoms with E-state index in [-0.39, 0.29) is 0 Å². The fourth-order valence-electron chi connectivity index (χ4n) is 2.25. The maximum Gasteiger partial charge on any atom is 0.133 e. The van der Waals surface area contributed by atoms with Gasteiger partial charge < -0.3 is 10.1 Å². The van der Waals surface area contributed by atoms with Gasteiger partial charge in [-0.25, -0.2) is 0 Å². The monoisotopic (exact) mass is 411 g/mol. The van der Waals surface area contributed by atoms with E-state index in [1.807, 2.05) is 6.07 Å². The number of benzene rings is 2. The Labute approximate surface area is 143 Å². The van der Waals surface area contributed by atoms with Crippen molar-refractivity contribution in [1.82, 2.24) is 5.32 Å². The van der Waals surface area contributed by atoms with E-state index >= 15 is 0 Å². The lowest BCUT2D eigenvalue weighted by Gasteiger charge is -2.18. The van der Waals surface area contributed by atoms with Crippen LogP contribution >= 0.6 is 31.9 Å². The molecule has 2 aromatic carbocycles. The average molecular weight is 413 g/mol. The highest BCUT2D eigenvalue weighted by molar-refractivity contribution is 9.10. The minimum Gasteiger partial charge on any atom is -0.496 e. The molecule has 0 heterocycles. The number of nitrogens with one attached hydrogen (secondary N) is 1. The van der Waals surface area contributed by atoms with Crippen LogP contribution in [0.2, 0.25) is 0 Å². The number of rotatable bonds is 6. The molecule has 0 saturated carbocycles. The molecule has 0 radical (unpaired) electrons. The van der Waals surface area contributed by atoms with Crippen LogP contribution in [0.4, 0.5) is 0 Å². The lowest BCUT2D eigenvalue weighted by molar-refractivity contribution is 0.412. The quantitative estimate of drug-likeness (QED) is 0.679. The van der Waals surface area contributed by atoms with Crippen molar-refractivity contribution in [3.8, 4) is 5.75 Å². The average Bonchev–Trinajstić information content (AvgIpc) is 2.49. The van der Waals surface area contributed by atoms with E-state index in [2.05, 4.69) is 80.5 Å². The zero-order chi connectivity index (χ0) is 15.2. The maximum atomic E-state index is 5.26. The van der Waals surface area contributed by atoms with Crippen LogP contribution in [0, 0.1) is 0 Å². The van der Waals surface area contributed by atoms with Gasteiger partial charge in [0.05, 0.1) is 11.6 Å². The molecule has 2 nitrogen and oxygen atoms in total. The summed E-state index contributed by atoms with van der Waals surface area (Å²) in [5, 5.41) is 3.61. The molecule has 0 aromatic heterocycles. The first-order chi connectivity index (χ1) is 10.1. The molecule has 0 bridgehead atoms. The fourth-order valence-corrected chi connectivity index (χ4v) is 3.11. The molecular formula is C17H19Br2NO. The number of halogens is 2. The molecule has 1 unspecified atom stereocenters. The van der Waals surface area contributed by atoms with Gasteiger partial charge in [-0.1, -0.05) is 41.1 Å². The van der Waals surface area contributed by atoms with Gasteiger partial charge in [-0.05, 0) is 57.7 Å². The van der Waals surface area contributed by atoms with E-state index in [0.717, 1.165) is 27.7 Å². The standard InChI is InChI=1S/C17H19Br2NO/c1-3-16(13-5-7-14(18)8-6-13)20-11-12-4-9-17(21-2)15(19)10-12/h4-10,16,20H,3,11H2,1-2H3. The van der Waals surface area contributed by atoms with Crippen molar-refractivity contribution in [1.29, 1.82) is 0 Å². The Morgan fingerprint density at radius 2 is 1.81 bits per heavy atom. The number of hydrogen-bond donors (Lipinski definition) is 1. The van der Waals surface area contributed by atoms with E-state index in [4.69, 9.17) is 4.74 Å². The van der Waals surface area contributed by atoms with Crippen LogP contribution in [0.1, 0.15) is 30.5 Å². The second kappa shape index (κ2) is 7.97. The molecule has 0 amide bonds. The van der Waals surface area contributed by atoms with Crippen LogP contribution < -0.4 is 10.1 Å². The van der Waals surface area contributed by atoms with Crippen LogP contribution in [-0.2, 0) is 6.54 Å². The molecule has 1 atom stereocenters. The van der Waals surface area contributed by atoms with Crippen LogP contribution in [0.25, 0.3) is 0 Å². The van der Waals surface area contributed by atoms with E-state index in [9.17, 15) is 0 Å². The van der Waals surface area contributed by atoms with E-state index in [0.29, 0.717) is 6.04 Å². The molecule has 2 aromatic rings.